The van der Waals surface area contributed by atoms with Crippen LogP contribution in [0.1, 0.15) is 31.9 Å². The molecule has 1 unspecified atom stereocenters. The minimum absolute atomic E-state index is 0. The Kier molecular flexibility index (Phi) is 6.96. The Bertz CT molecular complexity index is 405. The fraction of sp³-hybridized carbons (Fsp3) is 0.500. The van der Waals surface area contributed by atoms with Crippen LogP contribution in [0.4, 0.5) is 5.69 Å². The van der Waals surface area contributed by atoms with Gasteiger partial charge in [-0.3, -0.25) is 4.79 Å². The Morgan fingerprint density at radius 2 is 2.00 bits per heavy atom. The van der Waals surface area contributed by atoms with Gasteiger partial charge in [-0.2, -0.15) is 0 Å². The standard InChI is InChI=1S/C14H22N2O.ClH/c1-5-11-8-12(7-6-10(11)4)16-14(17)13(15)9(2)3;/h6-9,13H,5,15H2,1-4H3,(H,16,17);1H. The number of amides is 1. The summed E-state index contributed by atoms with van der Waals surface area (Å²) in [7, 11) is 0. The van der Waals surface area contributed by atoms with Gasteiger partial charge in [-0.05, 0) is 42.5 Å². The highest BCUT2D eigenvalue weighted by molar-refractivity contribution is 5.94. The predicted octanol–water partition coefficient (Wildman–Crippen LogP) is 2.90. The van der Waals surface area contributed by atoms with Gasteiger partial charge in [0.15, 0.2) is 0 Å². The van der Waals surface area contributed by atoms with Crippen LogP contribution in [0.15, 0.2) is 18.2 Å². The van der Waals surface area contributed by atoms with Crippen LogP contribution in [0.25, 0.3) is 0 Å². The van der Waals surface area contributed by atoms with Crippen LogP contribution in [0.5, 0.6) is 0 Å². The molecule has 0 fully saturated rings. The second-order valence-electron chi connectivity index (χ2n) is 4.75. The average molecular weight is 271 g/mol. The first kappa shape index (κ1) is 16.9. The molecule has 1 aromatic carbocycles. The number of carbonyl (C=O) groups is 1. The predicted molar refractivity (Wildman–Crippen MR) is 79.2 cm³/mol. The Hall–Kier alpha value is -1.06. The summed E-state index contributed by atoms with van der Waals surface area (Å²) in [6, 6.07) is 5.50. The largest absolute Gasteiger partial charge is 0.325 e. The van der Waals surface area contributed by atoms with E-state index in [1.54, 1.807) is 0 Å². The number of hydrogen-bond donors (Lipinski definition) is 2. The van der Waals surface area contributed by atoms with E-state index in [4.69, 9.17) is 5.73 Å². The summed E-state index contributed by atoms with van der Waals surface area (Å²) < 4.78 is 0. The van der Waals surface area contributed by atoms with Crippen molar-refractivity contribution in [2.75, 3.05) is 5.32 Å². The van der Waals surface area contributed by atoms with Crippen molar-refractivity contribution in [2.24, 2.45) is 11.7 Å². The molecule has 0 aliphatic heterocycles. The summed E-state index contributed by atoms with van der Waals surface area (Å²) >= 11 is 0. The highest BCUT2D eigenvalue weighted by Gasteiger charge is 2.17. The number of aryl methyl sites for hydroxylation is 2. The van der Waals surface area contributed by atoms with E-state index in [0.717, 1.165) is 12.1 Å². The summed E-state index contributed by atoms with van der Waals surface area (Å²) in [5.41, 5.74) is 9.12. The highest BCUT2D eigenvalue weighted by atomic mass is 35.5. The van der Waals surface area contributed by atoms with Crippen LogP contribution in [0, 0.1) is 12.8 Å². The number of rotatable bonds is 4. The topological polar surface area (TPSA) is 55.1 Å². The minimum Gasteiger partial charge on any atom is -0.325 e. The fourth-order valence-electron chi connectivity index (χ4n) is 1.66. The van der Waals surface area contributed by atoms with Crippen molar-refractivity contribution < 1.29 is 4.79 Å². The van der Waals surface area contributed by atoms with Crippen LogP contribution >= 0.6 is 12.4 Å². The van der Waals surface area contributed by atoms with Gasteiger partial charge in [0.05, 0.1) is 6.04 Å². The van der Waals surface area contributed by atoms with E-state index in [-0.39, 0.29) is 24.2 Å². The monoisotopic (exact) mass is 270 g/mol. The Labute approximate surface area is 116 Å². The van der Waals surface area contributed by atoms with Crippen molar-refractivity contribution in [3.63, 3.8) is 0 Å². The van der Waals surface area contributed by atoms with E-state index >= 15 is 0 Å². The fourth-order valence-corrected chi connectivity index (χ4v) is 1.66. The number of halogens is 1. The molecular formula is C14H23ClN2O. The molecule has 102 valence electrons. The number of nitrogens with one attached hydrogen (secondary N) is 1. The van der Waals surface area contributed by atoms with Crippen molar-refractivity contribution in [1.29, 1.82) is 0 Å². The van der Waals surface area contributed by atoms with Crippen LogP contribution in [0.3, 0.4) is 0 Å². The first-order valence-corrected chi connectivity index (χ1v) is 6.11. The molecule has 3 nitrogen and oxygen atoms in total. The van der Waals surface area contributed by atoms with Gasteiger partial charge in [0.2, 0.25) is 5.91 Å². The number of anilines is 1. The molecule has 1 atom stereocenters. The van der Waals surface area contributed by atoms with Gasteiger partial charge in [0.25, 0.3) is 0 Å². The maximum Gasteiger partial charge on any atom is 0.241 e. The molecule has 0 saturated carbocycles. The van der Waals surface area contributed by atoms with Gasteiger partial charge >= 0.3 is 0 Å². The second-order valence-corrected chi connectivity index (χ2v) is 4.75. The molecule has 0 saturated heterocycles. The van der Waals surface area contributed by atoms with Crippen LogP contribution in [-0.4, -0.2) is 11.9 Å². The van der Waals surface area contributed by atoms with E-state index in [9.17, 15) is 4.79 Å². The molecular weight excluding hydrogens is 248 g/mol. The zero-order valence-corrected chi connectivity index (χ0v) is 12.3. The Morgan fingerprint density at radius 3 is 2.50 bits per heavy atom. The summed E-state index contributed by atoms with van der Waals surface area (Å²) in [6.45, 7) is 8.06. The van der Waals surface area contributed by atoms with E-state index in [2.05, 4.69) is 19.2 Å². The normalized spacial score (nSPS) is 11.9. The highest BCUT2D eigenvalue weighted by Crippen LogP contribution is 2.16. The van der Waals surface area contributed by atoms with E-state index in [1.807, 2.05) is 32.0 Å². The molecule has 1 amide bonds. The van der Waals surface area contributed by atoms with Gasteiger partial charge in [-0.1, -0.05) is 26.8 Å². The van der Waals surface area contributed by atoms with Crippen LogP contribution in [-0.2, 0) is 11.2 Å². The van der Waals surface area contributed by atoms with E-state index < -0.39 is 6.04 Å². The lowest BCUT2D eigenvalue weighted by molar-refractivity contribution is -0.118. The zero-order chi connectivity index (χ0) is 13.0. The van der Waals surface area contributed by atoms with Crippen LogP contribution in [0.2, 0.25) is 0 Å². The third kappa shape index (κ3) is 4.31. The zero-order valence-electron chi connectivity index (χ0n) is 11.5. The first-order valence-electron chi connectivity index (χ1n) is 6.11. The van der Waals surface area contributed by atoms with Crippen molar-refractivity contribution in [3.05, 3.63) is 29.3 Å². The third-order valence-corrected chi connectivity index (χ3v) is 3.02. The lowest BCUT2D eigenvalue weighted by Gasteiger charge is -2.16. The lowest BCUT2D eigenvalue weighted by atomic mass is 10.0. The van der Waals surface area contributed by atoms with Crippen molar-refractivity contribution >= 4 is 24.0 Å². The summed E-state index contributed by atoms with van der Waals surface area (Å²) in [6.07, 6.45) is 0.964. The summed E-state index contributed by atoms with van der Waals surface area (Å²) in [4.78, 5) is 11.8. The number of carbonyl (C=O) groups excluding carboxylic acids is 1. The van der Waals surface area contributed by atoms with Crippen molar-refractivity contribution in [3.8, 4) is 0 Å². The van der Waals surface area contributed by atoms with Gasteiger partial charge in [0.1, 0.15) is 0 Å². The molecule has 3 N–H and O–H groups in total. The molecule has 0 spiro atoms. The van der Waals surface area contributed by atoms with E-state index in [1.165, 1.54) is 11.1 Å². The minimum atomic E-state index is -0.457. The molecule has 0 radical (unpaired) electrons. The van der Waals surface area contributed by atoms with Gasteiger partial charge in [-0.25, -0.2) is 0 Å². The van der Waals surface area contributed by atoms with E-state index in [0.29, 0.717) is 0 Å². The summed E-state index contributed by atoms with van der Waals surface area (Å²) in [5, 5.41) is 2.86. The molecule has 0 aliphatic carbocycles. The number of benzene rings is 1. The molecule has 1 rings (SSSR count). The number of hydrogen-bond acceptors (Lipinski definition) is 2. The van der Waals surface area contributed by atoms with Crippen LogP contribution < -0.4 is 11.1 Å². The van der Waals surface area contributed by atoms with Crippen molar-refractivity contribution in [2.45, 2.75) is 40.2 Å². The Balaban J connectivity index is 0.00000289. The first-order chi connectivity index (χ1) is 7.95. The molecule has 0 aromatic heterocycles. The second kappa shape index (κ2) is 7.39. The van der Waals surface area contributed by atoms with Gasteiger partial charge in [0, 0.05) is 5.69 Å². The molecule has 1 aromatic rings. The van der Waals surface area contributed by atoms with Gasteiger partial charge < -0.3 is 11.1 Å². The lowest BCUT2D eigenvalue weighted by Crippen LogP contribution is -2.39. The smallest absolute Gasteiger partial charge is 0.241 e. The van der Waals surface area contributed by atoms with Gasteiger partial charge in [-0.15, -0.1) is 12.4 Å². The third-order valence-electron chi connectivity index (χ3n) is 3.02. The maximum atomic E-state index is 11.8. The maximum absolute atomic E-state index is 11.8. The average Bonchev–Trinajstić information content (AvgIpc) is 2.30. The van der Waals surface area contributed by atoms with Crippen molar-refractivity contribution in [1.82, 2.24) is 0 Å². The molecule has 0 heterocycles. The summed E-state index contributed by atoms with van der Waals surface area (Å²) in [5.74, 6) is 0.0250. The quantitative estimate of drug-likeness (QED) is 0.884. The number of nitrogens with two attached hydrogens (primary N) is 1. The molecule has 0 aliphatic rings. The molecule has 4 heteroatoms. The Morgan fingerprint density at radius 1 is 1.39 bits per heavy atom. The molecule has 18 heavy (non-hydrogen) atoms. The molecule has 0 bridgehead atoms. The SMILES string of the molecule is CCc1cc(NC(=O)C(N)C(C)C)ccc1C.Cl.